The Morgan fingerprint density at radius 3 is 2.51 bits per heavy atom. The molecule has 1 aromatic heterocycles. The first-order chi connectivity index (χ1) is 20.2. The molecule has 1 saturated heterocycles. The monoisotopic (exact) mass is 632 g/mol. The van der Waals surface area contributed by atoms with Crippen molar-refractivity contribution in [3.63, 3.8) is 0 Å². The molecular formula is C24H20N6O11S2. The summed E-state index contributed by atoms with van der Waals surface area (Å²) in [5, 5.41) is 48.4. The van der Waals surface area contributed by atoms with Gasteiger partial charge in [-0.05, 0) is 31.6 Å². The number of carboxylic acids is 2. The molecule has 43 heavy (non-hydrogen) atoms. The van der Waals surface area contributed by atoms with E-state index in [9.17, 15) is 49.6 Å². The molecule has 19 heteroatoms. The molecule has 0 saturated carbocycles. The zero-order chi connectivity index (χ0) is 31.6. The van der Waals surface area contributed by atoms with Crippen LogP contribution in [0.5, 0.6) is 0 Å². The fraction of sp³-hybridized carbons (Fsp3) is 0.250. The SMILES string of the molecule is CC(C)(ON=C(C(=O)NC1C(=O)N2C(C(=O)O)=C(C=Cc3ccc([N+](=O)[O-])cc3[N+](=O)[O-])CS[C@H]12)c1cscn1)C(=O)O. The number of non-ortho nitro benzene ring substituents is 1. The Bertz CT molecular complexity index is 1630. The molecule has 3 N–H and O–H groups in total. The van der Waals surface area contributed by atoms with Gasteiger partial charge in [0.2, 0.25) is 5.60 Å². The van der Waals surface area contributed by atoms with Gasteiger partial charge >= 0.3 is 11.9 Å². The van der Waals surface area contributed by atoms with E-state index in [1.165, 1.54) is 36.9 Å². The second-order valence-electron chi connectivity index (χ2n) is 9.35. The summed E-state index contributed by atoms with van der Waals surface area (Å²) in [4.78, 5) is 80.6. The molecule has 0 spiro atoms. The van der Waals surface area contributed by atoms with Crippen LogP contribution in [0, 0.1) is 20.2 Å². The number of rotatable bonds is 11. The van der Waals surface area contributed by atoms with Crippen molar-refractivity contribution >= 4 is 70.0 Å². The number of β-lactam (4-membered cyclic amide) rings is 1. The normalized spacial score (nSPS) is 18.6. The molecular weight excluding hydrogens is 612 g/mol. The largest absolute Gasteiger partial charge is 0.478 e. The Hall–Kier alpha value is -5.17. The van der Waals surface area contributed by atoms with E-state index in [1.54, 1.807) is 0 Å². The lowest BCUT2D eigenvalue weighted by atomic mass is 10.0. The molecule has 224 valence electrons. The first kappa shape index (κ1) is 30.8. The van der Waals surface area contributed by atoms with Crippen LogP contribution in [-0.4, -0.2) is 82.2 Å². The topological polar surface area (TPSA) is 245 Å². The van der Waals surface area contributed by atoms with Crippen LogP contribution in [0.2, 0.25) is 0 Å². The smallest absolute Gasteiger partial charge is 0.352 e. The van der Waals surface area contributed by atoms with Gasteiger partial charge in [-0.15, -0.1) is 23.1 Å². The number of nitrogens with one attached hydrogen (secondary N) is 1. The first-order valence-corrected chi connectivity index (χ1v) is 13.9. The Kier molecular flexibility index (Phi) is 8.57. The summed E-state index contributed by atoms with van der Waals surface area (Å²) in [5.74, 6) is -4.46. The van der Waals surface area contributed by atoms with Crippen molar-refractivity contribution in [3.05, 3.63) is 77.9 Å². The number of thioether (sulfide) groups is 1. The Morgan fingerprint density at radius 1 is 1.21 bits per heavy atom. The molecule has 2 atom stereocenters. The number of carboxylic acid groups (broad SMARTS) is 2. The first-order valence-electron chi connectivity index (χ1n) is 11.9. The molecule has 3 heterocycles. The van der Waals surface area contributed by atoms with Crippen LogP contribution in [0.4, 0.5) is 11.4 Å². The number of carbonyl (C=O) groups excluding carboxylic acids is 2. The molecule has 1 unspecified atom stereocenters. The quantitative estimate of drug-likeness (QED) is 0.139. The summed E-state index contributed by atoms with van der Waals surface area (Å²) in [7, 11) is 0. The van der Waals surface area contributed by atoms with Crippen LogP contribution in [-0.2, 0) is 24.0 Å². The van der Waals surface area contributed by atoms with Crippen LogP contribution in [0.15, 0.2) is 51.6 Å². The van der Waals surface area contributed by atoms with E-state index in [4.69, 9.17) is 4.84 Å². The minimum Gasteiger partial charge on any atom is -0.478 e. The van der Waals surface area contributed by atoms with Gasteiger partial charge in [-0.3, -0.25) is 34.7 Å². The molecule has 1 aromatic carbocycles. The van der Waals surface area contributed by atoms with Crippen LogP contribution in [0.25, 0.3) is 6.08 Å². The third-order valence-corrected chi connectivity index (χ3v) is 8.03. The fourth-order valence-corrected chi connectivity index (χ4v) is 5.70. The number of nitrogens with zero attached hydrogens (tertiary/aromatic N) is 5. The summed E-state index contributed by atoms with van der Waals surface area (Å²) in [6, 6.07) is 1.81. The number of allylic oxidation sites excluding steroid dienone is 1. The highest BCUT2D eigenvalue weighted by atomic mass is 32.2. The zero-order valence-corrected chi connectivity index (χ0v) is 23.7. The molecule has 2 aromatic rings. The predicted octanol–water partition coefficient (Wildman–Crippen LogP) is 2.00. The fourth-order valence-electron chi connectivity index (χ4n) is 3.85. The molecule has 2 amide bonds. The average Bonchev–Trinajstić information content (AvgIpc) is 3.48. The van der Waals surface area contributed by atoms with Crippen molar-refractivity contribution in [1.82, 2.24) is 15.2 Å². The number of hydrogen-bond donors (Lipinski definition) is 3. The van der Waals surface area contributed by atoms with E-state index < -0.39 is 73.4 Å². The number of fused-ring (bicyclic) bond motifs is 1. The van der Waals surface area contributed by atoms with Gasteiger partial charge in [-0.1, -0.05) is 11.2 Å². The molecule has 1 fully saturated rings. The Morgan fingerprint density at radius 2 is 1.93 bits per heavy atom. The summed E-state index contributed by atoms with van der Waals surface area (Å²) in [6.45, 7) is 2.43. The number of aromatic nitrogens is 1. The number of amides is 2. The van der Waals surface area contributed by atoms with E-state index in [0.29, 0.717) is 0 Å². The number of nitro benzene ring substituents is 2. The maximum atomic E-state index is 13.1. The number of hydrogen-bond acceptors (Lipinski definition) is 13. The van der Waals surface area contributed by atoms with Crippen molar-refractivity contribution < 1.29 is 44.1 Å². The minimum atomic E-state index is -1.79. The minimum absolute atomic E-state index is 0.0258. The summed E-state index contributed by atoms with van der Waals surface area (Å²) in [5.41, 5.74) is -2.09. The van der Waals surface area contributed by atoms with Crippen molar-refractivity contribution in [2.24, 2.45) is 5.16 Å². The maximum absolute atomic E-state index is 13.1. The third-order valence-electron chi connectivity index (χ3n) is 6.14. The van der Waals surface area contributed by atoms with Crippen LogP contribution in [0.1, 0.15) is 25.1 Å². The Labute approximate surface area is 248 Å². The molecule has 2 aliphatic rings. The van der Waals surface area contributed by atoms with Gasteiger partial charge in [0.05, 0.1) is 27.0 Å². The van der Waals surface area contributed by atoms with Crippen molar-refractivity contribution in [3.8, 4) is 0 Å². The summed E-state index contributed by atoms with van der Waals surface area (Å²) >= 11 is 2.24. The van der Waals surface area contributed by atoms with Crippen LogP contribution in [0.3, 0.4) is 0 Å². The van der Waals surface area contributed by atoms with Crippen molar-refractivity contribution in [2.75, 3.05) is 5.75 Å². The van der Waals surface area contributed by atoms with Gasteiger partial charge in [0, 0.05) is 17.2 Å². The number of benzene rings is 1. The van der Waals surface area contributed by atoms with Gasteiger partial charge in [0.15, 0.2) is 5.71 Å². The molecule has 0 aliphatic carbocycles. The van der Waals surface area contributed by atoms with E-state index >= 15 is 0 Å². The number of thiazole rings is 1. The highest BCUT2D eigenvalue weighted by Gasteiger charge is 2.54. The van der Waals surface area contributed by atoms with Gasteiger partial charge < -0.3 is 20.4 Å². The van der Waals surface area contributed by atoms with Gasteiger partial charge in [0.1, 0.15) is 22.8 Å². The molecule has 4 rings (SSSR count). The maximum Gasteiger partial charge on any atom is 0.352 e. The predicted molar refractivity (Wildman–Crippen MR) is 150 cm³/mol. The molecule has 0 radical (unpaired) electrons. The lowest BCUT2D eigenvalue weighted by Crippen LogP contribution is -2.71. The zero-order valence-electron chi connectivity index (χ0n) is 22.0. The number of carbonyl (C=O) groups is 4. The standard InChI is InChI=1S/C24H20N6O11S2/c1-24(2,23(35)36)41-27-16(14-9-42-10-25-14)19(31)26-17-20(32)28-18(22(33)34)12(8-43-21(17)28)4-3-11-5-6-13(29(37)38)7-15(11)30(39)40/h3-7,9-10,17,21H,8H2,1-2H3,(H,26,31)(H,33,34)(H,35,36)/t17?,21-/m1/s1. The highest BCUT2D eigenvalue weighted by molar-refractivity contribution is 8.00. The molecule has 17 nitrogen and oxygen atoms in total. The van der Waals surface area contributed by atoms with Crippen molar-refractivity contribution in [1.29, 1.82) is 0 Å². The lowest BCUT2D eigenvalue weighted by molar-refractivity contribution is -0.394. The van der Waals surface area contributed by atoms with Gasteiger partial charge in [0.25, 0.3) is 23.2 Å². The third kappa shape index (κ3) is 6.21. The second kappa shape index (κ2) is 12.0. The molecule has 0 bridgehead atoms. The van der Waals surface area contributed by atoms with E-state index in [1.807, 2.05) is 0 Å². The highest BCUT2D eigenvalue weighted by Crippen LogP contribution is 2.41. The summed E-state index contributed by atoms with van der Waals surface area (Å²) < 4.78 is 0. The Balaban J connectivity index is 1.57. The van der Waals surface area contributed by atoms with Crippen LogP contribution < -0.4 is 5.32 Å². The van der Waals surface area contributed by atoms with E-state index in [-0.39, 0.29) is 22.6 Å². The lowest BCUT2D eigenvalue weighted by Gasteiger charge is -2.49. The second-order valence-corrected chi connectivity index (χ2v) is 11.2. The van der Waals surface area contributed by atoms with Gasteiger partial charge in [-0.2, -0.15) is 0 Å². The molecule has 2 aliphatic heterocycles. The van der Waals surface area contributed by atoms with Crippen LogP contribution >= 0.6 is 23.1 Å². The average molecular weight is 633 g/mol. The van der Waals surface area contributed by atoms with E-state index in [0.717, 1.165) is 46.2 Å². The number of oxime groups is 1. The van der Waals surface area contributed by atoms with E-state index in [2.05, 4.69) is 15.5 Å². The van der Waals surface area contributed by atoms with Crippen molar-refractivity contribution in [2.45, 2.75) is 30.9 Å². The summed E-state index contributed by atoms with van der Waals surface area (Å²) in [6.07, 6.45) is 2.49. The number of aliphatic carboxylic acids is 2. The number of nitro groups is 2. The van der Waals surface area contributed by atoms with Gasteiger partial charge in [-0.25, -0.2) is 14.6 Å².